The molecule has 21 heavy (non-hydrogen) atoms. The molecule has 0 aliphatic heterocycles. The Hall–Kier alpha value is -2.69. The second kappa shape index (κ2) is 6.65. The summed E-state index contributed by atoms with van der Waals surface area (Å²) in [7, 11) is 0. The van der Waals surface area contributed by atoms with Crippen LogP contribution in [0, 0.1) is 5.82 Å². The van der Waals surface area contributed by atoms with Crippen molar-refractivity contribution in [2.75, 3.05) is 5.32 Å². The first-order valence-corrected chi connectivity index (χ1v) is 6.49. The Kier molecular flexibility index (Phi) is 4.66. The van der Waals surface area contributed by atoms with E-state index >= 15 is 0 Å². The fourth-order valence-corrected chi connectivity index (χ4v) is 1.83. The van der Waals surface area contributed by atoms with Crippen LogP contribution in [0.3, 0.4) is 0 Å². The van der Waals surface area contributed by atoms with Gasteiger partial charge in [-0.05, 0) is 24.6 Å². The number of halogens is 1. The van der Waals surface area contributed by atoms with E-state index in [-0.39, 0.29) is 11.7 Å². The SMILES string of the molecule is C[C@@H](NC(=O)C(=O)Nc1ccccc1F)c1ccccc1. The molecule has 0 spiro atoms. The molecule has 0 saturated heterocycles. The predicted octanol–water partition coefficient (Wildman–Crippen LogP) is 2.64. The van der Waals surface area contributed by atoms with Crippen molar-refractivity contribution < 1.29 is 14.0 Å². The quantitative estimate of drug-likeness (QED) is 0.852. The number of amides is 2. The minimum Gasteiger partial charge on any atom is -0.341 e. The number of rotatable bonds is 3. The monoisotopic (exact) mass is 286 g/mol. The van der Waals surface area contributed by atoms with E-state index in [9.17, 15) is 14.0 Å². The third kappa shape index (κ3) is 3.89. The van der Waals surface area contributed by atoms with Gasteiger partial charge in [0.05, 0.1) is 11.7 Å². The van der Waals surface area contributed by atoms with Crippen LogP contribution >= 0.6 is 0 Å². The van der Waals surface area contributed by atoms with Gasteiger partial charge in [-0.2, -0.15) is 0 Å². The Bertz CT molecular complexity index is 644. The molecular weight excluding hydrogens is 271 g/mol. The zero-order chi connectivity index (χ0) is 15.2. The molecule has 2 N–H and O–H groups in total. The highest BCUT2D eigenvalue weighted by molar-refractivity contribution is 6.39. The average molecular weight is 286 g/mol. The number of carbonyl (C=O) groups is 2. The van der Waals surface area contributed by atoms with Crippen molar-refractivity contribution in [3.8, 4) is 0 Å². The second-order valence-corrected chi connectivity index (χ2v) is 4.54. The summed E-state index contributed by atoms with van der Waals surface area (Å²) in [5.41, 5.74) is 0.856. The number of hydrogen-bond acceptors (Lipinski definition) is 2. The predicted molar refractivity (Wildman–Crippen MR) is 78.0 cm³/mol. The third-order valence-corrected chi connectivity index (χ3v) is 2.98. The van der Waals surface area contributed by atoms with Crippen molar-refractivity contribution in [1.82, 2.24) is 5.32 Å². The standard InChI is InChI=1S/C16H15FN2O2/c1-11(12-7-3-2-4-8-12)18-15(20)16(21)19-14-10-6-5-9-13(14)17/h2-11H,1H3,(H,18,20)(H,19,21)/t11-/m1/s1. The van der Waals surface area contributed by atoms with Crippen LogP contribution in [-0.4, -0.2) is 11.8 Å². The van der Waals surface area contributed by atoms with Gasteiger partial charge >= 0.3 is 11.8 Å². The van der Waals surface area contributed by atoms with Gasteiger partial charge in [0, 0.05) is 0 Å². The van der Waals surface area contributed by atoms with Crippen molar-refractivity contribution in [1.29, 1.82) is 0 Å². The summed E-state index contributed by atoms with van der Waals surface area (Å²) in [5.74, 6) is -2.30. The fraction of sp³-hybridized carbons (Fsp3) is 0.125. The summed E-state index contributed by atoms with van der Waals surface area (Å²) in [6.45, 7) is 1.77. The highest BCUT2D eigenvalue weighted by Gasteiger charge is 2.18. The Morgan fingerprint density at radius 3 is 2.24 bits per heavy atom. The normalized spacial score (nSPS) is 11.5. The first-order chi connectivity index (χ1) is 10.1. The van der Waals surface area contributed by atoms with Crippen molar-refractivity contribution in [3.63, 3.8) is 0 Å². The molecule has 0 fully saturated rings. The van der Waals surface area contributed by atoms with Gasteiger partial charge < -0.3 is 10.6 Å². The van der Waals surface area contributed by atoms with E-state index in [1.165, 1.54) is 18.2 Å². The highest BCUT2D eigenvalue weighted by Crippen LogP contribution is 2.13. The van der Waals surface area contributed by atoms with Crippen LogP contribution in [0.15, 0.2) is 54.6 Å². The molecule has 0 bridgehead atoms. The van der Waals surface area contributed by atoms with Gasteiger partial charge in [-0.25, -0.2) is 4.39 Å². The van der Waals surface area contributed by atoms with Crippen LogP contribution in [0.2, 0.25) is 0 Å². The van der Waals surface area contributed by atoms with Crippen LogP contribution < -0.4 is 10.6 Å². The Labute approximate surface area is 122 Å². The Morgan fingerprint density at radius 1 is 0.952 bits per heavy atom. The van der Waals surface area contributed by atoms with E-state index in [0.717, 1.165) is 5.56 Å². The number of benzene rings is 2. The molecule has 1 atom stereocenters. The number of para-hydroxylation sites is 1. The number of carbonyl (C=O) groups excluding carboxylic acids is 2. The first kappa shape index (κ1) is 14.7. The molecule has 2 aromatic rings. The molecule has 0 radical (unpaired) electrons. The molecule has 2 rings (SSSR count). The Morgan fingerprint density at radius 2 is 1.57 bits per heavy atom. The third-order valence-electron chi connectivity index (χ3n) is 2.98. The molecule has 0 saturated carbocycles. The van der Waals surface area contributed by atoms with Crippen LogP contribution in [0.25, 0.3) is 0 Å². The van der Waals surface area contributed by atoms with Crippen LogP contribution in [-0.2, 0) is 9.59 Å². The summed E-state index contributed by atoms with van der Waals surface area (Å²) in [5, 5.41) is 4.80. The van der Waals surface area contributed by atoms with Crippen molar-refractivity contribution in [2.24, 2.45) is 0 Å². The molecule has 0 aromatic heterocycles. The average Bonchev–Trinajstić information content (AvgIpc) is 2.50. The van der Waals surface area contributed by atoms with Gasteiger partial charge in [0.2, 0.25) is 0 Å². The molecule has 2 aromatic carbocycles. The smallest absolute Gasteiger partial charge is 0.313 e. The first-order valence-electron chi connectivity index (χ1n) is 6.49. The summed E-state index contributed by atoms with van der Waals surface area (Å²) in [6, 6.07) is 14.6. The topological polar surface area (TPSA) is 58.2 Å². The molecule has 0 aliphatic carbocycles. The summed E-state index contributed by atoms with van der Waals surface area (Å²) in [4.78, 5) is 23.5. The van der Waals surface area contributed by atoms with Crippen LogP contribution in [0.4, 0.5) is 10.1 Å². The van der Waals surface area contributed by atoms with E-state index < -0.39 is 17.6 Å². The molecule has 108 valence electrons. The molecule has 0 unspecified atom stereocenters. The van der Waals surface area contributed by atoms with Gasteiger partial charge in [-0.15, -0.1) is 0 Å². The van der Waals surface area contributed by atoms with Crippen molar-refractivity contribution in [3.05, 3.63) is 66.0 Å². The van der Waals surface area contributed by atoms with E-state index in [4.69, 9.17) is 0 Å². The highest BCUT2D eigenvalue weighted by atomic mass is 19.1. The maximum absolute atomic E-state index is 13.4. The van der Waals surface area contributed by atoms with E-state index in [1.54, 1.807) is 13.0 Å². The van der Waals surface area contributed by atoms with Crippen LogP contribution in [0.5, 0.6) is 0 Å². The molecule has 4 nitrogen and oxygen atoms in total. The minimum absolute atomic E-state index is 0.0231. The van der Waals surface area contributed by atoms with E-state index in [0.29, 0.717) is 0 Å². The van der Waals surface area contributed by atoms with Gasteiger partial charge in [-0.1, -0.05) is 42.5 Å². The second-order valence-electron chi connectivity index (χ2n) is 4.54. The summed E-state index contributed by atoms with van der Waals surface area (Å²) >= 11 is 0. The molecule has 0 aliphatic rings. The minimum atomic E-state index is -0.900. The van der Waals surface area contributed by atoms with E-state index in [2.05, 4.69) is 10.6 Å². The summed E-state index contributed by atoms with van der Waals surface area (Å²) in [6.07, 6.45) is 0. The van der Waals surface area contributed by atoms with Gasteiger partial charge in [0.15, 0.2) is 0 Å². The molecular formula is C16H15FN2O2. The lowest BCUT2D eigenvalue weighted by Gasteiger charge is -2.14. The fourth-order valence-electron chi connectivity index (χ4n) is 1.83. The number of hydrogen-bond donors (Lipinski definition) is 2. The largest absolute Gasteiger partial charge is 0.341 e. The maximum Gasteiger partial charge on any atom is 0.313 e. The lowest BCUT2D eigenvalue weighted by atomic mass is 10.1. The van der Waals surface area contributed by atoms with Gasteiger partial charge in [-0.3, -0.25) is 9.59 Å². The zero-order valence-corrected chi connectivity index (χ0v) is 11.5. The van der Waals surface area contributed by atoms with Crippen molar-refractivity contribution in [2.45, 2.75) is 13.0 Å². The molecule has 0 heterocycles. The van der Waals surface area contributed by atoms with Crippen LogP contribution in [0.1, 0.15) is 18.5 Å². The lowest BCUT2D eigenvalue weighted by Crippen LogP contribution is -2.37. The van der Waals surface area contributed by atoms with Gasteiger partial charge in [0.1, 0.15) is 5.82 Å². The summed E-state index contributed by atoms with van der Waals surface area (Å²) < 4.78 is 13.4. The Balaban J connectivity index is 1.97. The number of nitrogens with one attached hydrogen (secondary N) is 2. The zero-order valence-electron chi connectivity index (χ0n) is 11.5. The van der Waals surface area contributed by atoms with Gasteiger partial charge in [0.25, 0.3) is 0 Å². The van der Waals surface area contributed by atoms with Crippen molar-refractivity contribution >= 4 is 17.5 Å². The number of anilines is 1. The molecule has 5 heteroatoms. The molecule has 2 amide bonds. The lowest BCUT2D eigenvalue weighted by molar-refractivity contribution is -0.136. The maximum atomic E-state index is 13.4. The van der Waals surface area contributed by atoms with E-state index in [1.807, 2.05) is 30.3 Å².